The van der Waals surface area contributed by atoms with E-state index >= 15 is 0 Å². The molecule has 0 spiro atoms. The van der Waals surface area contributed by atoms with Crippen molar-refractivity contribution in [1.82, 2.24) is 19.1 Å². The molecule has 0 atom stereocenters. The molecule has 0 fully saturated rings. The number of hydrogen-bond donors (Lipinski definition) is 0. The van der Waals surface area contributed by atoms with Crippen molar-refractivity contribution in [3.63, 3.8) is 0 Å². The molecule has 0 amide bonds. The molecular formula is C36H22N4. The SMILES string of the molecule is c1ccc(-n2c3ccccc3c3cc4c(ccc5c6ccccc6n(-c6ncc7ccccc7n6)c45)cc32)cc1. The molecule has 186 valence electrons. The Kier molecular flexibility index (Phi) is 4.30. The number of rotatable bonds is 2. The highest BCUT2D eigenvalue weighted by Crippen LogP contribution is 2.40. The highest BCUT2D eigenvalue weighted by atomic mass is 15.2. The van der Waals surface area contributed by atoms with Gasteiger partial charge < -0.3 is 4.57 Å². The molecule has 0 radical (unpaired) electrons. The van der Waals surface area contributed by atoms with Gasteiger partial charge in [0.15, 0.2) is 0 Å². The molecule has 4 heteroatoms. The van der Waals surface area contributed by atoms with Gasteiger partial charge in [-0.1, -0.05) is 84.9 Å². The van der Waals surface area contributed by atoms with E-state index in [-0.39, 0.29) is 0 Å². The highest BCUT2D eigenvalue weighted by Gasteiger charge is 2.19. The van der Waals surface area contributed by atoms with Crippen LogP contribution in [-0.4, -0.2) is 19.1 Å². The smallest absolute Gasteiger partial charge is 0.235 e. The van der Waals surface area contributed by atoms with E-state index in [1.807, 2.05) is 18.3 Å². The topological polar surface area (TPSA) is 35.6 Å². The molecule has 0 bridgehead atoms. The Morgan fingerprint density at radius 3 is 2.00 bits per heavy atom. The van der Waals surface area contributed by atoms with E-state index < -0.39 is 0 Å². The Morgan fingerprint density at radius 1 is 0.450 bits per heavy atom. The maximum absolute atomic E-state index is 5.03. The Balaban J connectivity index is 1.46. The number of fused-ring (bicyclic) bond motifs is 9. The third-order valence-corrected chi connectivity index (χ3v) is 8.13. The summed E-state index contributed by atoms with van der Waals surface area (Å²) in [5.41, 5.74) is 6.73. The van der Waals surface area contributed by atoms with Crippen molar-refractivity contribution in [3.05, 3.63) is 134 Å². The first-order valence-electron chi connectivity index (χ1n) is 13.5. The van der Waals surface area contributed by atoms with Gasteiger partial charge >= 0.3 is 0 Å². The lowest BCUT2D eigenvalue weighted by Gasteiger charge is -2.10. The van der Waals surface area contributed by atoms with Crippen LogP contribution in [0.15, 0.2) is 134 Å². The third-order valence-electron chi connectivity index (χ3n) is 8.13. The largest absolute Gasteiger partial charge is 0.309 e. The third kappa shape index (κ3) is 2.90. The van der Waals surface area contributed by atoms with Crippen LogP contribution in [0.5, 0.6) is 0 Å². The van der Waals surface area contributed by atoms with E-state index in [9.17, 15) is 0 Å². The maximum atomic E-state index is 5.03. The van der Waals surface area contributed by atoms with E-state index in [2.05, 4.69) is 124 Å². The maximum Gasteiger partial charge on any atom is 0.235 e. The van der Waals surface area contributed by atoms with Gasteiger partial charge in [-0.2, -0.15) is 0 Å². The lowest BCUT2D eigenvalue weighted by molar-refractivity contribution is 1.01. The summed E-state index contributed by atoms with van der Waals surface area (Å²) in [7, 11) is 0. The van der Waals surface area contributed by atoms with Gasteiger partial charge in [0.05, 0.1) is 27.6 Å². The van der Waals surface area contributed by atoms with Crippen LogP contribution in [0.25, 0.3) is 76.9 Å². The Labute approximate surface area is 229 Å². The Hall–Kier alpha value is -5.48. The van der Waals surface area contributed by atoms with Gasteiger partial charge in [0.1, 0.15) is 0 Å². The van der Waals surface area contributed by atoms with Crippen molar-refractivity contribution < 1.29 is 0 Å². The molecule has 9 rings (SSSR count). The van der Waals surface area contributed by atoms with Gasteiger partial charge in [-0.25, -0.2) is 9.97 Å². The zero-order valence-corrected chi connectivity index (χ0v) is 21.5. The summed E-state index contributed by atoms with van der Waals surface area (Å²) < 4.78 is 4.61. The van der Waals surface area contributed by atoms with Gasteiger partial charge in [0.2, 0.25) is 5.95 Å². The lowest BCUT2D eigenvalue weighted by Crippen LogP contribution is -2.01. The molecule has 3 aromatic heterocycles. The molecule has 0 aliphatic rings. The normalized spacial score (nSPS) is 12.0. The van der Waals surface area contributed by atoms with E-state index in [4.69, 9.17) is 9.97 Å². The first-order valence-corrected chi connectivity index (χ1v) is 13.5. The quantitative estimate of drug-likeness (QED) is 0.233. The van der Waals surface area contributed by atoms with Crippen molar-refractivity contribution in [2.24, 2.45) is 0 Å². The van der Waals surface area contributed by atoms with Gasteiger partial charge in [0.25, 0.3) is 0 Å². The van der Waals surface area contributed by atoms with Crippen LogP contribution in [0.1, 0.15) is 0 Å². The molecule has 0 aliphatic carbocycles. The number of para-hydroxylation sites is 4. The van der Waals surface area contributed by atoms with Gasteiger partial charge in [0, 0.05) is 44.2 Å². The molecule has 0 saturated heterocycles. The summed E-state index contributed by atoms with van der Waals surface area (Å²) in [5.74, 6) is 0.684. The number of aromatic nitrogens is 4. The van der Waals surface area contributed by atoms with E-state index in [1.54, 1.807) is 0 Å². The van der Waals surface area contributed by atoms with Gasteiger partial charge in [-0.3, -0.25) is 4.57 Å². The van der Waals surface area contributed by atoms with Crippen molar-refractivity contribution in [2.45, 2.75) is 0 Å². The molecule has 4 nitrogen and oxygen atoms in total. The molecule has 0 aliphatic heterocycles. The fourth-order valence-corrected chi connectivity index (χ4v) is 6.38. The van der Waals surface area contributed by atoms with Crippen LogP contribution in [0.2, 0.25) is 0 Å². The minimum absolute atomic E-state index is 0.684. The number of benzene rings is 6. The number of nitrogens with zero attached hydrogens (tertiary/aromatic N) is 4. The first-order chi connectivity index (χ1) is 19.8. The fourth-order valence-electron chi connectivity index (χ4n) is 6.38. The van der Waals surface area contributed by atoms with Crippen LogP contribution in [0.4, 0.5) is 0 Å². The van der Waals surface area contributed by atoms with Crippen molar-refractivity contribution in [3.8, 4) is 11.6 Å². The second-order valence-corrected chi connectivity index (χ2v) is 10.3. The monoisotopic (exact) mass is 510 g/mol. The summed E-state index contributed by atoms with van der Waals surface area (Å²) in [4.78, 5) is 9.89. The van der Waals surface area contributed by atoms with Crippen LogP contribution in [0, 0.1) is 0 Å². The summed E-state index contributed by atoms with van der Waals surface area (Å²) >= 11 is 0. The van der Waals surface area contributed by atoms with Gasteiger partial charge in [-0.05, 0) is 47.9 Å². The summed E-state index contributed by atoms with van der Waals surface area (Å²) in [6, 6.07) is 45.2. The highest BCUT2D eigenvalue weighted by molar-refractivity contribution is 6.22. The van der Waals surface area contributed by atoms with Crippen molar-refractivity contribution in [2.75, 3.05) is 0 Å². The van der Waals surface area contributed by atoms with Crippen LogP contribution < -0.4 is 0 Å². The van der Waals surface area contributed by atoms with Crippen LogP contribution in [0.3, 0.4) is 0 Å². The average molecular weight is 511 g/mol. The average Bonchev–Trinajstić information content (AvgIpc) is 3.53. The van der Waals surface area contributed by atoms with Crippen LogP contribution in [-0.2, 0) is 0 Å². The summed E-state index contributed by atoms with van der Waals surface area (Å²) in [6.45, 7) is 0. The first kappa shape index (κ1) is 21.5. The molecule has 0 saturated carbocycles. The number of hydrogen-bond acceptors (Lipinski definition) is 2. The molecular weight excluding hydrogens is 488 g/mol. The zero-order valence-electron chi connectivity index (χ0n) is 21.5. The predicted octanol–water partition coefficient (Wildman–Crippen LogP) is 8.98. The molecule has 40 heavy (non-hydrogen) atoms. The standard InChI is InChI=1S/C36H22N4/c1-2-11-25(12-3-1)39-32-16-8-6-14-27(32)30-21-29-23(20-34(30)39)18-19-28-26-13-5-9-17-33(26)40(35(28)29)36-37-22-24-10-4-7-15-31(24)38-36/h1-22H. The fraction of sp³-hybridized carbons (Fsp3) is 0. The predicted molar refractivity (Wildman–Crippen MR) is 166 cm³/mol. The zero-order chi connectivity index (χ0) is 26.2. The molecule has 6 aromatic carbocycles. The summed E-state index contributed by atoms with van der Waals surface area (Å²) in [5, 5.41) is 8.28. The second-order valence-electron chi connectivity index (χ2n) is 10.3. The molecule has 0 N–H and O–H groups in total. The van der Waals surface area contributed by atoms with E-state index in [1.165, 1.54) is 43.4 Å². The Bertz CT molecular complexity index is 2430. The van der Waals surface area contributed by atoms with Crippen molar-refractivity contribution in [1.29, 1.82) is 0 Å². The molecule has 3 heterocycles. The molecule has 9 aromatic rings. The second kappa shape index (κ2) is 8.01. The van der Waals surface area contributed by atoms with Crippen LogP contribution >= 0.6 is 0 Å². The Morgan fingerprint density at radius 2 is 1.15 bits per heavy atom. The van der Waals surface area contributed by atoms with E-state index in [0.29, 0.717) is 5.95 Å². The van der Waals surface area contributed by atoms with E-state index in [0.717, 1.165) is 27.6 Å². The minimum Gasteiger partial charge on any atom is -0.309 e. The van der Waals surface area contributed by atoms with Gasteiger partial charge in [-0.15, -0.1) is 0 Å². The minimum atomic E-state index is 0.684. The lowest BCUT2D eigenvalue weighted by atomic mass is 10.0. The summed E-state index contributed by atoms with van der Waals surface area (Å²) in [6.07, 6.45) is 1.93. The molecule has 0 unspecified atom stereocenters. The van der Waals surface area contributed by atoms with Crippen molar-refractivity contribution >= 4 is 65.3 Å².